The van der Waals surface area contributed by atoms with E-state index in [9.17, 15) is 14.0 Å². The van der Waals surface area contributed by atoms with Crippen LogP contribution in [0.3, 0.4) is 0 Å². The lowest BCUT2D eigenvalue weighted by Crippen LogP contribution is -2.37. The number of halogens is 1. The number of aryl methyl sites for hydroxylation is 1. The Morgan fingerprint density at radius 3 is 2.74 bits per heavy atom. The fourth-order valence-electron chi connectivity index (χ4n) is 4.45. The van der Waals surface area contributed by atoms with Crippen molar-refractivity contribution in [1.29, 1.82) is 0 Å². The number of nitrogens with zero attached hydrogens (tertiary/aromatic N) is 3. The lowest BCUT2D eigenvalue weighted by atomic mass is 9.89. The van der Waals surface area contributed by atoms with E-state index in [4.69, 9.17) is 4.52 Å². The number of rotatable bonds is 3. The average Bonchev–Trinajstić information content (AvgIpc) is 3.28. The molecule has 0 N–H and O–H groups in total. The molecule has 0 bridgehead atoms. The first kappa shape index (κ1) is 17.7. The van der Waals surface area contributed by atoms with Crippen LogP contribution >= 0.6 is 0 Å². The highest BCUT2D eigenvalue weighted by Crippen LogP contribution is 2.45. The molecule has 3 atom stereocenters. The van der Waals surface area contributed by atoms with Crippen LogP contribution in [0.1, 0.15) is 30.0 Å². The van der Waals surface area contributed by atoms with Gasteiger partial charge < -0.3 is 14.3 Å². The summed E-state index contributed by atoms with van der Waals surface area (Å²) in [4.78, 5) is 28.4. The van der Waals surface area contributed by atoms with E-state index < -0.39 is 0 Å². The lowest BCUT2D eigenvalue weighted by molar-refractivity contribution is -0.131. The first-order valence-electron chi connectivity index (χ1n) is 9.15. The molecule has 2 aromatic rings. The van der Waals surface area contributed by atoms with Gasteiger partial charge in [0.25, 0.3) is 0 Å². The fourth-order valence-corrected chi connectivity index (χ4v) is 4.45. The van der Waals surface area contributed by atoms with Gasteiger partial charge in [-0.3, -0.25) is 9.59 Å². The van der Waals surface area contributed by atoms with Crippen LogP contribution in [-0.2, 0) is 16.0 Å². The third kappa shape index (κ3) is 3.34. The molecule has 6 nitrogen and oxygen atoms in total. The summed E-state index contributed by atoms with van der Waals surface area (Å²) in [6.45, 7) is 5.11. The summed E-state index contributed by atoms with van der Waals surface area (Å²) >= 11 is 0. The summed E-state index contributed by atoms with van der Waals surface area (Å²) in [5, 5.41) is 3.82. The number of carbonyl (C=O) groups excluding carboxylic acids is 2. The topological polar surface area (TPSA) is 66.7 Å². The third-order valence-corrected chi connectivity index (χ3v) is 5.61. The highest BCUT2D eigenvalue weighted by Gasteiger charge is 2.49. The van der Waals surface area contributed by atoms with Crippen molar-refractivity contribution in [3.63, 3.8) is 0 Å². The van der Waals surface area contributed by atoms with Gasteiger partial charge in [0.1, 0.15) is 11.6 Å². The Morgan fingerprint density at radius 2 is 2.07 bits per heavy atom. The zero-order valence-electron chi connectivity index (χ0n) is 15.4. The molecule has 0 saturated carbocycles. The van der Waals surface area contributed by atoms with Crippen molar-refractivity contribution >= 4 is 11.8 Å². The zero-order valence-corrected chi connectivity index (χ0v) is 15.4. The molecule has 4 rings (SSSR count). The molecular formula is C20H22FN3O3. The van der Waals surface area contributed by atoms with Gasteiger partial charge in [0.2, 0.25) is 11.8 Å². The van der Waals surface area contributed by atoms with Gasteiger partial charge in [-0.15, -0.1) is 0 Å². The Balaban J connectivity index is 1.53. The standard InChI is InChI=1S/C20H22FN3O3/c1-12-6-17(27-22-12)8-19(26)23-9-15-10-24(13(2)25)20(18(15)11-23)14-4-3-5-16(21)7-14/h3-7,15,18,20H,8-11H2,1-2H3/t15-,18-,20-/m1/s1. The minimum absolute atomic E-state index is 0.00656. The summed E-state index contributed by atoms with van der Waals surface area (Å²) in [5.41, 5.74) is 1.54. The van der Waals surface area contributed by atoms with Crippen molar-refractivity contribution < 1.29 is 18.5 Å². The molecule has 2 aliphatic heterocycles. The molecular weight excluding hydrogens is 349 g/mol. The van der Waals surface area contributed by atoms with E-state index in [2.05, 4.69) is 5.16 Å². The number of fused-ring (bicyclic) bond motifs is 1. The summed E-state index contributed by atoms with van der Waals surface area (Å²) in [6, 6.07) is 7.98. The van der Waals surface area contributed by atoms with Gasteiger partial charge in [-0.2, -0.15) is 0 Å². The van der Waals surface area contributed by atoms with Crippen molar-refractivity contribution in [1.82, 2.24) is 15.0 Å². The highest BCUT2D eigenvalue weighted by atomic mass is 19.1. The van der Waals surface area contributed by atoms with Crippen LogP contribution in [0.5, 0.6) is 0 Å². The summed E-state index contributed by atoms with van der Waals surface area (Å²) < 4.78 is 18.9. The molecule has 1 aromatic carbocycles. The summed E-state index contributed by atoms with van der Waals surface area (Å²) in [6.07, 6.45) is 0.182. The molecule has 3 heterocycles. The smallest absolute Gasteiger partial charge is 0.230 e. The normalized spacial score (nSPS) is 24.3. The molecule has 0 aliphatic carbocycles. The third-order valence-electron chi connectivity index (χ3n) is 5.61. The number of carbonyl (C=O) groups is 2. The number of amides is 2. The minimum atomic E-state index is -0.314. The van der Waals surface area contributed by atoms with E-state index in [1.54, 1.807) is 19.1 Å². The number of hydrogen-bond acceptors (Lipinski definition) is 4. The second kappa shape index (κ2) is 6.79. The average molecular weight is 371 g/mol. The molecule has 2 saturated heterocycles. The molecule has 2 fully saturated rings. The predicted octanol–water partition coefficient (Wildman–Crippen LogP) is 2.34. The lowest BCUT2D eigenvalue weighted by Gasteiger charge is -2.29. The Hall–Kier alpha value is -2.70. The highest BCUT2D eigenvalue weighted by molar-refractivity contribution is 5.79. The maximum absolute atomic E-state index is 13.8. The molecule has 1 aromatic heterocycles. The van der Waals surface area contributed by atoms with E-state index in [0.717, 1.165) is 11.3 Å². The minimum Gasteiger partial charge on any atom is -0.361 e. The van der Waals surface area contributed by atoms with Crippen molar-refractivity contribution in [3.8, 4) is 0 Å². The van der Waals surface area contributed by atoms with Crippen molar-refractivity contribution in [2.45, 2.75) is 26.3 Å². The molecule has 0 radical (unpaired) electrons. The quantitative estimate of drug-likeness (QED) is 0.831. The second-order valence-corrected chi connectivity index (χ2v) is 7.51. The Morgan fingerprint density at radius 1 is 1.26 bits per heavy atom. The van der Waals surface area contributed by atoms with Gasteiger partial charge >= 0.3 is 0 Å². The van der Waals surface area contributed by atoms with Gasteiger partial charge in [-0.1, -0.05) is 17.3 Å². The summed E-state index contributed by atoms with van der Waals surface area (Å²) in [7, 11) is 0. The zero-order chi connectivity index (χ0) is 19.1. The number of benzene rings is 1. The van der Waals surface area contributed by atoms with E-state index in [1.807, 2.05) is 22.8 Å². The van der Waals surface area contributed by atoms with Crippen LogP contribution < -0.4 is 0 Å². The first-order valence-corrected chi connectivity index (χ1v) is 9.15. The number of hydrogen-bond donors (Lipinski definition) is 0. The van der Waals surface area contributed by atoms with Gasteiger partial charge in [-0.05, 0) is 24.6 Å². The molecule has 27 heavy (non-hydrogen) atoms. The molecule has 2 aliphatic rings. The van der Waals surface area contributed by atoms with Gasteiger partial charge in [0.05, 0.1) is 18.2 Å². The van der Waals surface area contributed by atoms with Crippen LogP contribution in [0.2, 0.25) is 0 Å². The van der Waals surface area contributed by atoms with Crippen LogP contribution in [0, 0.1) is 24.6 Å². The molecule has 2 amide bonds. The van der Waals surface area contributed by atoms with Gasteiger partial charge in [-0.25, -0.2) is 4.39 Å². The maximum atomic E-state index is 13.8. The van der Waals surface area contributed by atoms with E-state index in [-0.39, 0.29) is 41.9 Å². The fraction of sp³-hybridized carbons (Fsp3) is 0.450. The van der Waals surface area contributed by atoms with Crippen LogP contribution in [-0.4, -0.2) is 46.4 Å². The SMILES string of the molecule is CC(=O)N1C[C@H]2CN(C(=O)Cc3cc(C)no3)C[C@H]2[C@H]1c1cccc(F)c1. The molecule has 0 spiro atoms. The predicted molar refractivity (Wildman–Crippen MR) is 95.0 cm³/mol. The Kier molecular flexibility index (Phi) is 4.45. The van der Waals surface area contributed by atoms with Crippen LogP contribution in [0.4, 0.5) is 4.39 Å². The first-order chi connectivity index (χ1) is 12.9. The molecule has 0 unspecified atom stereocenters. The largest absolute Gasteiger partial charge is 0.361 e. The van der Waals surface area contributed by atoms with Crippen LogP contribution in [0.25, 0.3) is 0 Å². The molecule has 7 heteroatoms. The maximum Gasteiger partial charge on any atom is 0.230 e. The van der Waals surface area contributed by atoms with Crippen molar-refractivity contribution in [3.05, 3.63) is 53.2 Å². The van der Waals surface area contributed by atoms with E-state index in [0.29, 0.717) is 25.4 Å². The Labute approximate surface area is 156 Å². The van der Waals surface area contributed by atoms with Gasteiger partial charge in [0, 0.05) is 44.5 Å². The van der Waals surface area contributed by atoms with Crippen molar-refractivity contribution in [2.75, 3.05) is 19.6 Å². The monoisotopic (exact) mass is 371 g/mol. The van der Waals surface area contributed by atoms with E-state index in [1.165, 1.54) is 12.1 Å². The second-order valence-electron chi connectivity index (χ2n) is 7.51. The number of likely N-dealkylation sites (tertiary alicyclic amines) is 2. The summed E-state index contributed by atoms with van der Waals surface area (Å²) in [5.74, 6) is 0.521. The van der Waals surface area contributed by atoms with E-state index >= 15 is 0 Å². The van der Waals surface area contributed by atoms with Crippen LogP contribution in [0.15, 0.2) is 34.9 Å². The van der Waals surface area contributed by atoms with Crippen molar-refractivity contribution in [2.24, 2.45) is 11.8 Å². The number of aromatic nitrogens is 1. The molecule has 142 valence electrons. The van der Waals surface area contributed by atoms with Gasteiger partial charge in [0.15, 0.2) is 0 Å². The Bertz CT molecular complexity index is 881.